The van der Waals surface area contributed by atoms with E-state index in [4.69, 9.17) is 4.74 Å². The maximum absolute atomic E-state index is 13.3. The number of carbonyl (C=O) groups is 3. The van der Waals surface area contributed by atoms with E-state index >= 15 is 0 Å². The minimum Gasteiger partial charge on any atom is -0.467 e. The summed E-state index contributed by atoms with van der Waals surface area (Å²) in [5.41, 5.74) is -0.864. The first kappa shape index (κ1) is 24.0. The molecule has 1 aromatic heterocycles. The van der Waals surface area contributed by atoms with Crippen molar-refractivity contribution in [1.29, 1.82) is 0 Å². The molecule has 2 rings (SSSR count). The number of methoxy groups -OCH3 is 1. The molecule has 2 N–H and O–H groups in total. The van der Waals surface area contributed by atoms with Gasteiger partial charge in [0.2, 0.25) is 11.8 Å². The Labute approximate surface area is 179 Å². The number of rotatable bonds is 9. The first-order valence-corrected chi connectivity index (χ1v) is 9.75. The second-order valence-electron chi connectivity index (χ2n) is 7.57. The van der Waals surface area contributed by atoms with Gasteiger partial charge < -0.3 is 19.9 Å². The van der Waals surface area contributed by atoms with Gasteiger partial charge >= 0.3 is 5.97 Å². The van der Waals surface area contributed by atoms with Crippen molar-refractivity contribution in [2.24, 2.45) is 0 Å². The molecule has 2 amide bonds. The molecule has 0 aliphatic heterocycles. The fourth-order valence-corrected chi connectivity index (χ4v) is 2.96. The van der Waals surface area contributed by atoms with Crippen molar-refractivity contribution in [3.63, 3.8) is 0 Å². The fourth-order valence-electron chi connectivity index (χ4n) is 2.96. The van der Waals surface area contributed by atoms with Crippen LogP contribution in [0.3, 0.4) is 0 Å². The van der Waals surface area contributed by atoms with Crippen molar-refractivity contribution in [3.8, 4) is 0 Å². The first-order chi connectivity index (χ1) is 14.6. The maximum atomic E-state index is 13.3. The van der Waals surface area contributed by atoms with Crippen LogP contribution < -0.4 is 10.6 Å². The zero-order chi connectivity index (χ0) is 23.2. The molecular weight excluding hydrogens is 410 g/mol. The molecule has 1 atom stereocenters. The van der Waals surface area contributed by atoms with E-state index in [1.165, 1.54) is 24.2 Å². The molecule has 168 valence electrons. The molecule has 0 saturated carbocycles. The van der Waals surface area contributed by atoms with Crippen LogP contribution in [0.15, 0.2) is 30.7 Å². The average molecular weight is 436 g/mol. The molecule has 2 aromatic rings. The average Bonchev–Trinajstić information content (AvgIpc) is 3.15. The van der Waals surface area contributed by atoms with Crippen molar-refractivity contribution in [2.75, 3.05) is 12.4 Å². The molecule has 1 heterocycles. The maximum Gasteiger partial charge on any atom is 0.331 e. The zero-order valence-corrected chi connectivity index (χ0v) is 17.9. The number of halogens is 2. The van der Waals surface area contributed by atoms with Gasteiger partial charge in [-0.05, 0) is 38.0 Å². The van der Waals surface area contributed by atoms with Gasteiger partial charge in [-0.2, -0.15) is 0 Å². The molecule has 10 heteroatoms. The Morgan fingerprint density at radius 2 is 1.84 bits per heavy atom. The third kappa shape index (κ3) is 6.34. The summed E-state index contributed by atoms with van der Waals surface area (Å²) in [6.07, 6.45) is 3.55. The van der Waals surface area contributed by atoms with E-state index in [-0.39, 0.29) is 17.8 Å². The number of esters is 1. The molecule has 0 fully saturated rings. The van der Waals surface area contributed by atoms with E-state index in [2.05, 4.69) is 15.6 Å². The Kier molecular flexibility index (Phi) is 7.84. The Balaban J connectivity index is 2.05. The molecule has 0 bridgehead atoms. The van der Waals surface area contributed by atoms with Crippen molar-refractivity contribution in [1.82, 2.24) is 14.9 Å². The number of aromatic nitrogens is 2. The summed E-state index contributed by atoms with van der Waals surface area (Å²) in [6, 6.07) is 1.98. The van der Waals surface area contributed by atoms with Crippen LogP contribution in [0.1, 0.15) is 39.2 Å². The number of hydrogen-bond acceptors (Lipinski definition) is 5. The number of anilines is 1. The van der Waals surface area contributed by atoms with E-state index in [0.29, 0.717) is 12.8 Å². The predicted octanol–water partition coefficient (Wildman–Crippen LogP) is 2.54. The van der Waals surface area contributed by atoms with Crippen molar-refractivity contribution in [2.45, 2.75) is 51.6 Å². The second kappa shape index (κ2) is 10.1. The minimum atomic E-state index is -1.03. The number of amides is 2. The Morgan fingerprint density at radius 1 is 1.19 bits per heavy atom. The summed E-state index contributed by atoms with van der Waals surface area (Å²) in [5.74, 6) is -2.89. The molecule has 0 saturated heterocycles. The number of ether oxygens (including phenoxy) is 1. The van der Waals surface area contributed by atoms with Crippen LogP contribution in [0.2, 0.25) is 0 Å². The predicted molar refractivity (Wildman–Crippen MR) is 109 cm³/mol. The highest BCUT2D eigenvalue weighted by Gasteiger charge is 2.31. The number of nitrogens with zero attached hydrogens (tertiary/aromatic N) is 2. The summed E-state index contributed by atoms with van der Waals surface area (Å²) >= 11 is 0. The number of carbonyl (C=O) groups excluding carboxylic acids is 3. The molecule has 0 spiro atoms. The van der Waals surface area contributed by atoms with Crippen LogP contribution in [0.4, 0.5) is 14.6 Å². The SMILES string of the molecule is CCCC(NC(=O)Cc1cc(F)cc(F)c1)C(=O)Nc1cn(C(C)(C)C(=O)OC)cn1. The van der Waals surface area contributed by atoms with Crippen molar-refractivity contribution in [3.05, 3.63) is 47.9 Å². The minimum absolute atomic E-state index is 0.162. The highest BCUT2D eigenvalue weighted by molar-refractivity contribution is 5.96. The summed E-state index contributed by atoms with van der Waals surface area (Å²) < 4.78 is 32.9. The fraction of sp³-hybridized carbons (Fsp3) is 0.429. The van der Waals surface area contributed by atoms with Gasteiger partial charge in [-0.15, -0.1) is 0 Å². The van der Waals surface area contributed by atoms with E-state index < -0.39 is 41.0 Å². The van der Waals surface area contributed by atoms with Crippen LogP contribution >= 0.6 is 0 Å². The summed E-state index contributed by atoms with van der Waals surface area (Å²) in [6.45, 7) is 5.13. The number of hydrogen-bond donors (Lipinski definition) is 2. The smallest absolute Gasteiger partial charge is 0.331 e. The van der Waals surface area contributed by atoms with Gasteiger partial charge in [-0.25, -0.2) is 18.6 Å². The monoisotopic (exact) mass is 436 g/mol. The lowest BCUT2D eigenvalue weighted by Gasteiger charge is -2.22. The third-order valence-corrected chi connectivity index (χ3v) is 4.68. The van der Waals surface area contributed by atoms with Crippen molar-refractivity contribution >= 4 is 23.6 Å². The highest BCUT2D eigenvalue weighted by Crippen LogP contribution is 2.19. The van der Waals surface area contributed by atoms with Gasteiger partial charge in [-0.3, -0.25) is 9.59 Å². The van der Waals surface area contributed by atoms with Gasteiger partial charge in [0.15, 0.2) is 5.82 Å². The summed E-state index contributed by atoms with van der Waals surface area (Å²) in [7, 11) is 1.28. The van der Waals surface area contributed by atoms with Gasteiger partial charge in [0.25, 0.3) is 0 Å². The normalized spacial score (nSPS) is 12.2. The van der Waals surface area contributed by atoms with E-state index in [9.17, 15) is 23.2 Å². The van der Waals surface area contributed by atoms with Crippen molar-refractivity contribution < 1.29 is 27.9 Å². The zero-order valence-electron chi connectivity index (χ0n) is 17.9. The molecule has 0 radical (unpaired) electrons. The Morgan fingerprint density at radius 3 is 2.42 bits per heavy atom. The number of imidazole rings is 1. The van der Waals surface area contributed by atoms with Crippen LogP contribution in [0.25, 0.3) is 0 Å². The van der Waals surface area contributed by atoms with E-state index in [0.717, 1.165) is 18.2 Å². The van der Waals surface area contributed by atoms with E-state index in [1.54, 1.807) is 13.8 Å². The van der Waals surface area contributed by atoms with Crippen LogP contribution in [0, 0.1) is 11.6 Å². The molecule has 0 aliphatic rings. The van der Waals surface area contributed by atoms with Gasteiger partial charge in [-0.1, -0.05) is 13.3 Å². The molecule has 1 unspecified atom stereocenters. The summed E-state index contributed by atoms with van der Waals surface area (Å²) in [4.78, 5) is 41.0. The Hall–Kier alpha value is -3.30. The standard InChI is InChI=1S/C21H26F2N4O4/c1-5-6-16(25-18(28)9-13-7-14(22)10-15(23)8-13)19(29)26-17-11-27(12-24-17)21(2,3)20(30)31-4/h7-8,10-12,16H,5-6,9H2,1-4H3,(H,25,28)(H,26,29). The first-order valence-electron chi connectivity index (χ1n) is 9.75. The molecular formula is C21H26F2N4O4. The van der Waals surface area contributed by atoms with E-state index in [1.807, 2.05) is 6.92 Å². The van der Waals surface area contributed by atoms with Gasteiger partial charge in [0.1, 0.15) is 23.2 Å². The summed E-state index contributed by atoms with van der Waals surface area (Å²) in [5, 5.41) is 5.19. The molecule has 1 aromatic carbocycles. The lowest BCUT2D eigenvalue weighted by Crippen LogP contribution is -2.44. The number of benzene rings is 1. The lowest BCUT2D eigenvalue weighted by molar-refractivity contribution is -0.149. The topological polar surface area (TPSA) is 102 Å². The van der Waals surface area contributed by atoms with Crippen LogP contribution in [-0.2, 0) is 31.1 Å². The highest BCUT2D eigenvalue weighted by atomic mass is 19.1. The van der Waals surface area contributed by atoms with Gasteiger partial charge in [0.05, 0.1) is 19.9 Å². The lowest BCUT2D eigenvalue weighted by atomic mass is 10.1. The molecule has 31 heavy (non-hydrogen) atoms. The molecule has 8 nitrogen and oxygen atoms in total. The molecule has 0 aliphatic carbocycles. The number of nitrogens with one attached hydrogen (secondary N) is 2. The van der Waals surface area contributed by atoms with Crippen LogP contribution in [-0.4, -0.2) is 40.5 Å². The Bertz CT molecular complexity index is 938. The second-order valence-corrected chi connectivity index (χ2v) is 7.57. The van der Waals surface area contributed by atoms with Crippen LogP contribution in [0.5, 0.6) is 0 Å². The quantitative estimate of drug-likeness (QED) is 0.588. The largest absolute Gasteiger partial charge is 0.467 e. The third-order valence-electron chi connectivity index (χ3n) is 4.68. The van der Waals surface area contributed by atoms with Gasteiger partial charge in [0, 0.05) is 12.3 Å².